The van der Waals surface area contributed by atoms with E-state index in [1.165, 1.54) is 11.1 Å². The molecule has 1 N–H and O–H groups in total. The fraction of sp³-hybridized carbons (Fsp3) is 0.312. The normalized spacial score (nSPS) is 16.4. The van der Waals surface area contributed by atoms with Crippen LogP contribution >= 0.6 is 0 Å². The maximum Gasteiger partial charge on any atom is 0.0550 e. The first-order valence-electron chi connectivity index (χ1n) is 6.85. The van der Waals surface area contributed by atoms with Gasteiger partial charge in [-0.1, -0.05) is 30.3 Å². The van der Waals surface area contributed by atoms with Gasteiger partial charge in [-0.05, 0) is 23.3 Å². The molecule has 0 atom stereocenters. The van der Waals surface area contributed by atoms with Gasteiger partial charge < -0.3 is 5.32 Å². The number of rotatable bonds is 3. The molecule has 19 heavy (non-hydrogen) atoms. The van der Waals surface area contributed by atoms with Crippen LogP contribution in [0.5, 0.6) is 0 Å². The average molecular weight is 253 g/mol. The van der Waals surface area contributed by atoms with E-state index in [1.807, 2.05) is 12.3 Å². The molecule has 3 rings (SSSR count). The van der Waals surface area contributed by atoms with Crippen LogP contribution in [0.15, 0.2) is 48.7 Å². The lowest BCUT2D eigenvalue weighted by Crippen LogP contribution is -2.43. The second-order valence-corrected chi connectivity index (χ2v) is 4.93. The fourth-order valence-electron chi connectivity index (χ4n) is 2.47. The molecule has 0 spiro atoms. The molecule has 1 aromatic heterocycles. The number of hydrogen-bond acceptors (Lipinski definition) is 3. The number of pyridine rings is 1. The summed E-state index contributed by atoms with van der Waals surface area (Å²) in [5.41, 5.74) is 3.66. The molecule has 1 saturated heterocycles. The first-order chi connectivity index (χ1) is 9.42. The van der Waals surface area contributed by atoms with E-state index in [4.69, 9.17) is 0 Å². The van der Waals surface area contributed by atoms with Crippen LogP contribution in [0.2, 0.25) is 0 Å². The SMILES string of the molecule is c1ccc(-c2ccnc(CN3CCNCC3)c2)cc1. The predicted octanol–water partition coefficient (Wildman–Crippen LogP) is 2.15. The van der Waals surface area contributed by atoms with Crippen LogP contribution in [-0.2, 0) is 6.54 Å². The molecule has 0 saturated carbocycles. The molecular formula is C16H19N3. The first kappa shape index (κ1) is 12.3. The zero-order valence-corrected chi connectivity index (χ0v) is 11.0. The Morgan fingerprint density at radius 1 is 1.00 bits per heavy atom. The zero-order chi connectivity index (χ0) is 12.9. The molecule has 0 aliphatic carbocycles. The van der Waals surface area contributed by atoms with E-state index in [2.05, 4.69) is 51.6 Å². The lowest BCUT2D eigenvalue weighted by atomic mass is 10.1. The van der Waals surface area contributed by atoms with Crippen molar-refractivity contribution in [3.05, 3.63) is 54.4 Å². The maximum atomic E-state index is 4.50. The van der Waals surface area contributed by atoms with E-state index in [1.54, 1.807) is 0 Å². The Morgan fingerprint density at radius 3 is 2.58 bits per heavy atom. The highest BCUT2D eigenvalue weighted by Gasteiger charge is 2.10. The second-order valence-electron chi connectivity index (χ2n) is 4.93. The predicted molar refractivity (Wildman–Crippen MR) is 77.8 cm³/mol. The molecule has 0 amide bonds. The summed E-state index contributed by atoms with van der Waals surface area (Å²) in [6.45, 7) is 5.33. The van der Waals surface area contributed by atoms with E-state index in [0.717, 1.165) is 38.4 Å². The van der Waals surface area contributed by atoms with Crippen molar-refractivity contribution in [1.82, 2.24) is 15.2 Å². The van der Waals surface area contributed by atoms with E-state index in [0.29, 0.717) is 0 Å². The molecular weight excluding hydrogens is 234 g/mol. The Kier molecular flexibility index (Phi) is 3.86. The van der Waals surface area contributed by atoms with Gasteiger partial charge >= 0.3 is 0 Å². The third kappa shape index (κ3) is 3.19. The minimum atomic E-state index is 0.947. The largest absolute Gasteiger partial charge is 0.314 e. The van der Waals surface area contributed by atoms with Crippen molar-refractivity contribution in [1.29, 1.82) is 0 Å². The molecule has 1 aliphatic heterocycles. The van der Waals surface area contributed by atoms with Crippen molar-refractivity contribution >= 4 is 0 Å². The van der Waals surface area contributed by atoms with Crippen LogP contribution in [0, 0.1) is 0 Å². The van der Waals surface area contributed by atoms with Gasteiger partial charge in [0.2, 0.25) is 0 Å². The van der Waals surface area contributed by atoms with Gasteiger partial charge in [0.25, 0.3) is 0 Å². The quantitative estimate of drug-likeness (QED) is 0.908. The van der Waals surface area contributed by atoms with Gasteiger partial charge in [0, 0.05) is 38.9 Å². The van der Waals surface area contributed by atoms with Gasteiger partial charge in [0.05, 0.1) is 5.69 Å². The summed E-state index contributed by atoms with van der Waals surface area (Å²) in [7, 11) is 0. The molecule has 1 aliphatic rings. The van der Waals surface area contributed by atoms with Gasteiger partial charge in [-0.15, -0.1) is 0 Å². The van der Waals surface area contributed by atoms with Crippen LogP contribution in [0.3, 0.4) is 0 Å². The van der Waals surface area contributed by atoms with E-state index in [-0.39, 0.29) is 0 Å². The summed E-state index contributed by atoms with van der Waals surface area (Å²) in [6, 6.07) is 14.8. The molecule has 98 valence electrons. The van der Waals surface area contributed by atoms with Crippen LogP contribution in [0.1, 0.15) is 5.69 Å². The van der Waals surface area contributed by atoms with Gasteiger partial charge in [0.1, 0.15) is 0 Å². The molecule has 2 aromatic rings. The summed E-state index contributed by atoms with van der Waals surface area (Å²) in [6.07, 6.45) is 1.92. The highest BCUT2D eigenvalue weighted by Crippen LogP contribution is 2.19. The lowest BCUT2D eigenvalue weighted by Gasteiger charge is -2.26. The van der Waals surface area contributed by atoms with Gasteiger partial charge in [-0.2, -0.15) is 0 Å². The van der Waals surface area contributed by atoms with Crippen LogP contribution in [0.4, 0.5) is 0 Å². The van der Waals surface area contributed by atoms with Crippen LogP contribution < -0.4 is 5.32 Å². The molecule has 0 radical (unpaired) electrons. The Morgan fingerprint density at radius 2 is 1.79 bits per heavy atom. The topological polar surface area (TPSA) is 28.2 Å². The lowest BCUT2D eigenvalue weighted by molar-refractivity contribution is 0.231. The number of piperazine rings is 1. The fourth-order valence-corrected chi connectivity index (χ4v) is 2.47. The van der Waals surface area contributed by atoms with Crippen molar-refractivity contribution in [2.75, 3.05) is 26.2 Å². The summed E-state index contributed by atoms with van der Waals surface area (Å²) in [4.78, 5) is 6.95. The Labute approximate surface area is 114 Å². The summed E-state index contributed by atoms with van der Waals surface area (Å²) in [5, 5.41) is 3.38. The van der Waals surface area contributed by atoms with Gasteiger partial charge in [0.15, 0.2) is 0 Å². The number of hydrogen-bond donors (Lipinski definition) is 1. The molecule has 3 nitrogen and oxygen atoms in total. The minimum Gasteiger partial charge on any atom is -0.314 e. The molecule has 1 aromatic carbocycles. The van der Waals surface area contributed by atoms with Crippen LogP contribution in [0.25, 0.3) is 11.1 Å². The van der Waals surface area contributed by atoms with Crippen LogP contribution in [-0.4, -0.2) is 36.1 Å². The van der Waals surface area contributed by atoms with E-state index < -0.39 is 0 Å². The van der Waals surface area contributed by atoms with Crippen molar-refractivity contribution in [2.24, 2.45) is 0 Å². The van der Waals surface area contributed by atoms with Crippen molar-refractivity contribution in [3.63, 3.8) is 0 Å². The summed E-state index contributed by atoms with van der Waals surface area (Å²) < 4.78 is 0. The third-order valence-corrected chi connectivity index (χ3v) is 3.52. The van der Waals surface area contributed by atoms with Crippen molar-refractivity contribution in [3.8, 4) is 11.1 Å². The summed E-state index contributed by atoms with van der Waals surface area (Å²) in [5.74, 6) is 0. The maximum absolute atomic E-state index is 4.50. The Hall–Kier alpha value is -1.71. The molecule has 2 heterocycles. The van der Waals surface area contributed by atoms with Crippen molar-refractivity contribution < 1.29 is 0 Å². The minimum absolute atomic E-state index is 0.947. The zero-order valence-electron chi connectivity index (χ0n) is 11.0. The standard InChI is InChI=1S/C16H19N3/c1-2-4-14(5-3-1)15-6-7-18-16(12-15)13-19-10-8-17-9-11-19/h1-7,12,17H,8-11,13H2. The van der Waals surface area contributed by atoms with E-state index in [9.17, 15) is 0 Å². The number of nitrogens with one attached hydrogen (secondary N) is 1. The van der Waals surface area contributed by atoms with Crippen molar-refractivity contribution in [2.45, 2.75) is 6.54 Å². The average Bonchev–Trinajstić information content (AvgIpc) is 2.49. The molecule has 0 unspecified atom stereocenters. The monoisotopic (exact) mass is 253 g/mol. The number of nitrogens with zero attached hydrogens (tertiary/aromatic N) is 2. The first-order valence-corrected chi connectivity index (χ1v) is 6.85. The third-order valence-electron chi connectivity index (χ3n) is 3.52. The van der Waals surface area contributed by atoms with E-state index >= 15 is 0 Å². The Balaban J connectivity index is 1.76. The molecule has 0 bridgehead atoms. The summed E-state index contributed by atoms with van der Waals surface area (Å²) >= 11 is 0. The number of aromatic nitrogens is 1. The smallest absolute Gasteiger partial charge is 0.0550 e. The molecule has 3 heteroatoms. The van der Waals surface area contributed by atoms with Gasteiger partial charge in [-0.25, -0.2) is 0 Å². The highest BCUT2D eigenvalue weighted by molar-refractivity contribution is 5.63. The second kappa shape index (κ2) is 5.95. The van der Waals surface area contributed by atoms with Gasteiger partial charge in [-0.3, -0.25) is 9.88 Å². The highest BCUT2D eigenvalue weighted by atomic mass is 15.2. The molecule has 1 fully saturated rings. The Bertz CT molecular complexity index is 519. The number of benzene rings is 1.